The van der Waals surface area contributed by atoms with Crippen molar-refractivity contribution in [1.82, 2.24) is 20.2 Å². The molecule has 0 aliphatic rings. The molecule has 7 heteroatoms. The summed E-state index contributed by atoms with van der Waals surface area (Å²) in [6.07, 6.45) is -0.874. The Labute approximate surface area is 142 Å². The van der Waals surface area contributed by atoms with Crippen LogP contribution < -0.4 is 10.5 Å². The van der Waals surface area contributed by atoms with Gasteiger partial charge in [0.25, 0.3) is 0 Å². The average molecular weight is 333 g/mol. The summed E-state index contributed by atoms with van der Waals surface area (Å²) in [6.45, 7) is 1.93. The molecule has 2 heterocycles. The molecule has 0 spiro atoms. The van der Waals surface area contributed by atoms with Crippen LogP contribution >= 0.6 is 0 Å². The number of H-pyrrole nitrogens is 2. The number of nitrogens with zero attached hydrogens (tertiary/aromatic N) is 2. The van der Waals surface area contributed by atoms with Crippen molar-refractivity contribution in [2.45, 2.75) is 6.92 Å². The number of ether oxygens (including phenoxy) is 1. The Kier molecular flexibility index (Phi) is 3.46. The zero-order valence-corrected chi connectivity index (χ0v) is 13.4. The lowest BCUT2D eigenvalue weighted by Crippen LogP contribution is -2.16. The number of hydrogen-bond acceptors (Lipinski definition) is 4. The van der Waals surface area contributed by atoms with Gasteiger partial charge in [-0.05, 0) is 19.1 Å². The Morgan fingerprint density at radius 2 is 1.92 bits per heavy atom. The van der Waals surface area contributed by atoms with Crippen molar-refractivity contribution in [2.24, 2.45) is 5.73 Å². The number of nitrogens with two attached hydrogens (primary N) is 1. The fourth-order valence-electron chi connectivity index (χ4n) is 2.84. The molecule has 4 rings (SSSR count). The Morgan fingerprint density at radius 3 is 2.68 bits per heavy atom. The monoisotopic (exact) mass is 333 g/mol. The van der Waals surface area contributed by atoms with E-state index in [0.29, 0.717) is 17.1 Å². The van der Waals surface area contributed by atoms with Crippen molar-refractivity contribution in [2.75, 3.05) is 0 Å². The molecule has 0 fully saturated rings. The number of hydrogen-bond donors (Lipinski definition) is 3. The van der Waals surface area contributed by atoms with Gasteiger partial charge >= 0.3 is 6.09 Å². The molecular formula is C18H15N5O2. The number of fused-ring (bicyclic) bond motifs is 1. The van der Waals surface area contributed by atoms with E-state index in [1.807, 2.05) is 43.3 Å². The predicted octanol–water partition coefficient (Wildman–Crippen LogP) is 3.39. The molecule has 25 heavy (non-hydrogen) atoms. The van der Waals surface area contributed by atoms with E-state index in [-0.39, 0.29) is 0 Å². The van der Waals surface area contributed by atoms with Gasteiger partial charge in [0.05, 0.1) is 11.1 Å². The maximum atomic E-state index is 11.1. The lowest BCUT2D eigenvalue weighted by atomic mass is 10.1. The SMILES string of the molecule is Cc1[nH]nc(-c2ccccc2)c1-c1nc2c(OC(N)=O)cccc2[nH]1. The van der Waals surface area contributed by atoms with Crippen molar-refractivity contribution in [1.29, 1.82) is 0 Å². The van der Waals surface area contributed by atoms with E-state index >= 15 is 0 Å². The number of aryl methyl sites for hydroxylation is 1. The first-order valence-electron chi connectivity index (χ1n) is 7.70. The van der Waals surface area contributed by atoms with Crippen LogP contribution in [-0.4, -0.2) is 26.3 Å². The first kappa shape index (κ1) is 14.9. The molecule has 0 saturated heterocycles. The van der Waals surface area contributed by atoms with Crippen molar-refractivity contribution in [3.8, 4) is 28.4 Å². The standard InChI is InChI=1S/C18H15N5O2/c1-10-14(15(23-22-10)11-6-3-2-4-7-11)17-20-12-8-5-9-13(16(12)21-17)25-18(19)24/h2-9H,1H3,(H2,19,24)(H,20,21)(H,22,23). The van der Waals surface area contributed by atoms with Gasteiger partial charge < -0.3 is 15.5 Å². The minimum absolute atomic E-state index is 0.315. The summed E-state index contributed by atoms with van der Waals surface area (Å²) in [6, 6.07) is 15.1. The number of imidazole rings is 1. The second kappa shape index (κ2) is 5.79. The summed E-state index contributed by atoms with van der Waals surface area (Å²) in [4.78, 5) is 19.0. The average Bonchev–Trinajstić information content (AvgIpc) is 3.19. The number of amides is 1. The molecule has 0 unspecified atom stereocenters. The molecule has 4 N–H and O–H groups in total. The van der Waals surface area contributed by atoms with Crippen LogP contribution in [0.3, 0.4) is 0 Å². The smallest absolute Gasteiger partial charge is 0.408 e. The van der Waals surface area contributed by atoms with Crippen LogP contribution in [0.5, 0.6) is 5.75 Å². The van der Waals surface area contributed by atoms with Gasteiger partial charge in [-0.2, -0.15) is 5.10 Å². The Balaban J connectivity index is 1.89. The van der Waals surface area contributed by atoms with E-state index in [9.17, 15) is 4.79 Å². The molecule has 0 bridgehead atoms. The van der Waals surface area contributed by atoms with E-state index in [1.54, 1.807) is 12.1 Å². The maximum Gasteiger partial charge on any atom is 0.410 e. The zero-order chi connectivity index (χ0) is 17.4. The Hall–Kier alpha value is -3.61. The molecule has 0 saturated carbocycles. The number of benzene rings is 2. The quantitative estimate of drug-likeness (QED) is 0.534. The molecule has 0 aliphatic heterocycles. The normalized spacial score (nSPS) is 10.9. The number of aromatic nitrogens is 4. The van der Waals surface area contributed by atoms with E-state index in [0.717, 1.165) is 28.0 Å². The molecule has 0 atom stereocenters. The highest BCUT2D eigenvalue weighted by Crippen LogP contribution is 2.34. The van der Waals surface area contributed by atoms with Crippen LogP contribution in [0.25, 0.3) is 33.7 Å². The van der Waals surface area contributed by atoms with Crippen molar-refractivity contribution in [3.63, 3.8) is 0 Å². The van der Waals surface area contributed by atoms with Crippen molar-refractivity contribution >= 4 is 17.1 Å². The third kappa shape index (κ3) is 2.61. The van der Waals surface area contributed by atoms with Gasteiger partial charge in [0.15, 0.2) is 5.75 Å². The van der Waals surface area contributed by atoms with Gasteiger partial charge in [0.2, 0.25) is 0 Å². The van der Waals surface area contributed by atoms with Crippen LogP contribution in [0.2, 0.25) is 0 Å². The number of aromatic amines is 2. The van der Waals surface area contributed by atoms with E-state index in [4.69, 9.17) is 10.5 Å². The van der Waals surface area contributed by atoms with Crippen molar-refractivity contribution < 1.29 is 9.53 Å². The first-order valence-corrected chi connectivity index (χ1v) is 7.70. The number of para-hydroxylation sites is 1. The first-order chi connectivity index (χ1) is 12.1. The second-order valence-electron chi connectivity index (χ2n) is 5.60. The van der Waals surface area contributed by atoms with Crippen LogP contribution in [-0.2, 0) is 0 Å². The van der Waals surface area contributed by atoms with E-state index in [2.05, 4.69) is 20.2 Å². The van der Waals surface area contributed by atoms with Gasteiger partial charge in [-0.25, -0.2) is 9.78 Å². The topological polar surface area (TPSA) is 110 Å². The van der Waals surface area contributed by atoms with E-state index in [1.165, 1.54) is 0 Å². The molecule has 0 radical (unpaired) electrons. The molecule has 2 aromatic carbocycles. The maximum absolute atomic E-state index is 11.1. The van der Waals surface area contributed by atoms with Gasteiger partial charge in [0.1, 0.15) is 17.0 Å². The number of primary amides is 1. The molecule has 4 aromatic rings. The number of carbonyl (C=O) groups excluding carboxylic acids is 1. The van der Waals surface area contributed by atoms with Crippen LogP contribution in [0, 0.1) is 6.92 Å². The molecule has 2 aromatic heterocycles. The molecule has 1 amide bonds. The number of carbonyl (C=O) groups is 1. The summed E-state index contributed by atoms with van der Waals surface area (Å²) < 4.78 is 5.04. The minimum atomic E-state index is -0.874. The number of nitrogens with one attached hydrogen (secondary N) is 2. The molecular weight excluding hydrogens is 318 g/mol. The highest BCUT2D eigenvalue weighted by molar-refractivity contribution is 5.89. The minimum Gasteiger partial charge on any atom is -0.408 e. The number of rotatable bonds is 3. The highest BCUT2D eigenvalue weighted by Gasteiger charge is 2.19. The fraction of sp³-hybridized carbons (Fsp3) is 0.0556. The Bertz CT molecular complexity index is 1070. The van der Waals surface area contributed by atoms with Gasteiger partial charge in [-0.1, -0.05) is 36.4 Å². The fourth-order valence-corrected chi connectivity index (χ4v) is 2.84. The molecule has 0 aliphatic carbocycles. The summed E-state index contributed by atoms with van der Waals surface area (Å²) >= 11 is 0. The predicted molar refractivity (Wildman–Crippen MR) is 94.1 cm³/mol. The van der Waals surface area contributed by atoms with Crippen molar-refractivity contribution in [3.05, 3.63) is 54.2 Å². The van der Waals surface area contributed by atoms with Gasteiger partial charge in [0, 0.05) is 11.3 Å². The summed E-state index contributed by atoms with van der Waals surface area (Å²) in [5.41, 5.74) is 9.94. The van der Waals surface area contributed by atoms with Crippen LogP contribution in [0.4, 0.5) is 4.79 Å². The lowest BCUT2D eigenvalue weighted by molar-refractivity contribution is 0.211. The van der Waals surface area contributed by atoms with E-state index < -0.39 is 6.09 Å². The third-order valence-electron chi connectivity index (χ3n) is 3.92. The summed E-state index contributed by atoms with van der Waals surface area (Å²) in [5.74, 6) is 0.954. The van der Waals surface area contributed by atoms with Gasteiger partial charge in [-0.3, -0.25) is 5.10 Å². The highest BCUT2D eigenvalue weighted by atomic mass is 16.5. The summed E-state index contributed by atoms with van der Waals surface area (Å²) in [7, 11) is 0. The summed E-state index contributed by atoms with van der Waals surface area (Å²) in [5, 5.41) is 7.42. The Morgan fingerprint density at radius 1 is 1.12 bits per heavy atom. The van der Waals surface area contributed by atoms with Crippen LogP contribution in [0.15, 0.2) is 48.5 Å². The molecule has 7 nitrogen and oxygen atoms in total. The van der Waals surface area contributed by atoms with Crippen LogP contribution in [0.1, 0.15) is 5.69 Å². The zero-order valence-electron chi connectivity index (χ0n) is 13.4. The third-order valence-corrected chi connectivity index (χ3v) is 3.92. The van der Waals surface area contributed by atoms with Gasteiger partial charge in [-0.15, -0.1) is 0 Å². The lowest BCUT2D eigenvalue weighted by Gasteiger charge is -2.01. The molecule has 124 valence electrons. The second-order valence-corrected chi connectivity index (χ2v) is 5.60. The largest absolute Gasteiger partial charge is 0.410 e.